The summed E-state index contributed by atoms with van der Waals surface area (Å²) in [6.07, 6.45) is 1.65. The molecule has 7 heteroatoms. The molecule has 7 nitrogen and oxygen atoms in total. The number of hydrogen-bond acceptors (Lipinski definition) is 4. The number of carbonyl (C=O) groups is 2. The molecule has 92 valence electrons. The lowest BCUT2D eigenvalue weighted by Crippen LogP contribution is -2.52. The molecule has 5 N–H and O–H groups in total. The molecule has 2 amide bonds. The van der Waals surface area contributed by atoms with E-state index in [9.17, 15) is 9.59 Å². The van der Waals surface area contributed by atoms with Gasteiger partial charge in [0.2, 0.25) is 0 Å². The highest BCUT2D eigenvalue weighted by atomic mass is 16.4. The predicted molar refractivity (Wildman–Crippen MR) is 56.1 cm³/mol. The van der Waals surface area contributed by atoms with Crippen LogP contribution in [0.5, 0.6) is 0 Å². The number of carboxylic acid groups (broad SMARTS) is 1. The third-order valence-corrected chi connectivity index (χ3v) is 2.46. The molecular formula is C9H17N3O4. The Bertz CT molecular complexity index is 253. The quantitative estimate of drug-likeness (QED) is 0.404. The van der Waals surface area contributed by atoms with Crippen LogP contribution in [0.3, 0.4) is 0 Å². The van der Waals surface area contributed by atoms with E-state index >= 15 is 0 Å². The molecule has 0 saturated carbocycles. The molecule has 1 atom stereocenters. The Morgan fingerprint density at radius 3 is 2.50 bits per heavy atom. The van der Waals surface area contributed by atoms with E-state index in [-0.39, 0.29) is 6.04 Å². The number of carbonyl (C=O) groups excluding carboxylic acids is 1. The summed E-state index contributed by atoms with van der Waals surface area (Å²) >= 11 is 0. The molecule has 0 radical (unpaired) electrons. The van der Waals surface area contributed by atoms with Crippen molar-refractivity contribution in [2.75, 3.05) is 19.7 Å². The molecule has 0 spiro atoms. The standard InChI is InChI=1S/C9H17N3O4/c13-5-7(8(14)15)12-9(16)11-6-1-3-10-4-2-6/h6-7,10,13H,1-5H2,(H,14,15)(H2,11,12,16)/t7-/m0/s1. The largest absolute Gasteiger partial charge is 0.480 e. The Kier molecular flexibility index (Phi) is 5.00. The normalized spacial score (nSPS) is 18.8. The first-order valence-corrected chi connectivity index (χ1v) is 5.25. The van der Waals surface area contributed by atoms with E-state index in [1.807, 2.05) is 0 Å². The zero-order valence-corrected chi connectivity index (χ0v) is 8.90. The number of piperidine rings is 1. The number of aliphatic hydroxyl groups excluding tert-OH is 1. The first kappa shape index (κ1) is 12.7. The molecule has 1 fully saturated rings. The fraction of sp³-hybridized carbons (Fsp3) is 0.778. The SMILES string of the molecule is O=C(NC1CCNCC1)N[C@@H](CO)C(=O)O. The first-order valence-electron chi connectivity index (χ1n) is 5.25. The number of urea groups is 1. The number of aliphatic carboxylic acids is 1. The van der Waals surface area contributed by atoms with Crippen LogP contribution in [0.15, 0.2) is 0 Å². The molecule has 1 rings (SSSR count). The van der Waals surface area contributed by atoms with E-state index in [1.54, 1.807) is 0 Å². The number of nitrogens with one attached hydrogen (secondary N) is 3. The summed E-state index contributed by atoms with van der Waals surface area (Å²) in [7, 11) is 0. The number of amides is 2. The number of carboxylic acids is 1. The molecule has 0 aliphatic carbocycles. The summed E-state index contributed by atoms with van der Waals surface area (Å²) in [4.78, 5) is 21.9. The van der Waals surface area contributed by atoms with Crippen molar-refractivity contribution in [3.05, 3.63) is 0 Å². The van der Waals surface area contributed by atoms with Crippen LogP contribution in [-0.2, 0) is 4.79 Å². The molecule has 1 saturated heterocycles. The van der Waals surface area contributed by atoms with Gasteiger partial charge < -0.3 is 26.2 Å². The number of aliphatic hydroxyl groups is 1. The molecule has 0 aromatic carbocycles. The minimum Gasteiger partial charge on any atom is -0.480 e. The van der Waals surface area contributed by atoms with Crippen molar-refractivity contribution in [1.82, 2.24) is 16.0 Å². The second-order valence-electron chi connectivity index (χ2n) is 3.72. The van der Waals surface area contributed by atoms with Gasteiger partial charge in [0.1, 0.15) is 0 Å². The van der Waals surface area contributed by atoms with E-state index in [4.69, 9.17) is 10.2 Å². The Hall–Kier alpha value is -1.34. The van der Waals surface area contributed by atoms with Gasteiger partial charge in [0.05, 0.1) is 6.61 Å². The molecular weight excluding hydrogens is 214 g/mol. The maximum atomic E-state index is 11.4. The summed E-state index contributed by atoms with van der Waals surface area (Å²) in [5.74, 6) is -1.25. The van der Waals surface area contributed by atoms with E-state index in [1.165, 1.54) is 0 Å². The lowest BCUT2D eigenvalue weighted by molar-refractivity contribution is -0.140. The van der Waals surface area contributed by atoms with Crippen molar-refractivity contribution in [2.24, 2.45) is 0 Å². The highest BCUT2D eigenvalue weighted by Crippen LogP contribution is 2.01. The Balaban J connectivity index is 2.31. The second kappa shape index (κ2) is 6.29. The monoisotopic (exact) mass is 231 g/mol. The first-order chi connectivity index (χ1) is 7.63. The van der Waals surface area contributed by atoms with Crippen LogP contribution in [0, 0.1) is 0 Å². The summed E-state index contributed by atoms with van der Waals surface area (Å²) in [5.41, 5.74) is 0. The zero-order chi connectivity index (χ0) is 12.0. The van der Waals surface area contributed by atoms with Crippen molar-refractivity contribution in [3.63, 3.8) is 0 Å². The molecule has 16 heavy (non-hydrogen) atoms. The number of rotatable bonds is 4. The smallest absolute Gasteiger partial charge is 0.328 e. The second-order valence-corrected chi connectivity index (χ2v) is 3.72. The fourth-order valence-electron chi connectivity index (χ4n) is 1.54. The minimum atomic E-state index is -1.25. The van der Waals surface area contributed by atoms with Crippen molar-refractivity contribution >= 4 is 12.0 Å². The van der Waals surface area contributed by atoms with E-state index in [0.717, 1.165) is 25.9 Å². The maximum Gasteiger partial charge on any atom is 0.328 e. The predicted octanol–water partition coefficient (Wildman–Crippen LogP) is -1.52. The van der Waals surface area contributed by atoms with Gasteiger partial charge in [-0.15, -0.1) is 0 Å². The van der Waals surface area contributed by atoms with Crippen molar-refractivity contribution in [1.29, 1.82) is 0 Å². The van der Waals surface area contributed by atoms with Crippen LogP contribution < -0.4 is 16.0 Å². The summed E-state index contributed by atoms with van der Waals surface area (Å²) in [6.45, 7) is 1.07. The van der Waals surface area contributed by atoms with Crippen molar-refractivity contribution < 1.29 is 19.8 Å². The molecule has 1 heterocycles. The molecule has 0 unspecified atom stereocenters. The highest BCUT2D eigenvalue weighted by Gasteiger charge is 2.21. The van der Waals surface area contributed by atoms with Crippen LogP contribution in [-0.4, -0.2) is 54.0 Å². The third-order valence-electron chi connectivity index (χ3n) is 2.46. The van der Waals surface area contributed by atoms with Gasteiger partial charge in [-0.2, -0.15) is 0 Å². The topological polar surface area (TPSA) is 111 Å². The van der Waals surface area contributed by atoms with Gasteiger partial charge in [0, 0.05) is 6.04 Å². The average molecular weight is 231 g/mol. The Morgan fingerprint density at radius 1 is 1.38 bits per heavy atom. The van der Waals surface area contributed by atoms with Crippen molar-refractivity contribution in [2.45, 2.75) is 24.9 Å². The van der Waals surface area contributed by atoms with Gasteiger partial charge in [-0.25, -0.2) is 9.59 Å². The molecule has 1 aliphatic rings. The summed E-state index contributed by atoms with van der Waals surface area (Å²) < 4.78 is 0. The fourth-order valence-corrected chi connectivity index (χ4v) is 1.54. The van der Waals surface area contributed by atoms with E-state index in [0.29, 0.717) is 0 Å². The van der Waals surface area contributed by atoms with Crippen molar-refractivity contribution in [3.8, 4) is 0 Å². The van der Waals surface area contributed by atoms with Gasteiger partial charge >= 0.3 is 12.0 Å². The van der Waals surface area contributed by atoms with Crippen LogP contribution >= 0.6 is 0 Å². The number of hydrogen-bond donors (Lipinski definition) is 5. The molecule has 0 aromatic heterocycles. The molecule has 0 aromatic rings. The average Bonchev–Trinajstić information content (AvgIpc) is 2.27. The van der Waals surface area contributed by atoms with Gasteiger partial charge in [-0.05, 0) is 25.9 Å². The van der Waals surface area contributed by atoms with Gasteiger partial charge in [-0.3, -0.25) is 0 Å². The molecule has 0 bridgehead atoms. The molecule has 1 aliphatic heterocycles. The summed E-state index contributed by atoms with van der Waals surface area (Å²) in [6, 6.07) is -1.73. The Morgan fingerprint density at radius 2 is 2.00 bits per heavy atom. The van der Waals surface area contributed by atoms with E-state index in [2.05, 4.69) is 16.0 Å². The third kappa shape index (κ3) is 4.03. The van der Waals surface area contributed by atoms with Gasteiger partial charge in [0.25, 0.3) is 0 Å². The van der Waals surface area contributed by atoms with Crippen LogP contribution in [0.4, 0.5) is 4.79 Å². The van der Waals surface area contributed by atoms with E-state index < -0.39 is 24.6 Å². The maximum absolute atomic E-state index is 11.4. The zero-order valence-electron chi connectivity index (χ0n) is 8.90. The van der Waals surface area contributed by atoms with Gasteiger partial charge in [-0.1, -0.05) is 0 Å². The van der Waals surface area contributed by atoms with Crippen LogP contribution in [0.1, 0.15) is 12.8 Å². The van der Waals surface area contributed by atoms with Crippen LogP contribution in [0.25, 0.3) is 0 Å². The van der Waals surface area contributed by atoms with Crippen LogP contribution in [0.2, 0.25) is 0 Å². The van der Waals surface area contributed by atoms with Gasteiger partial charge in [0.15, 0.2) is 6.04 Å². The lowest BCUT2D eigenvalue weighted by Gasteiger charge is -2.24. The Labute approximate surface area is 93.2 Å². The highest BCUT2D eigenvalue weighted by molar-refractivity contribution is 5.82. The lowest BCUT2D eigenvalue weighted by atomic mass is 10.1. The summed E-state index contributed by atoms with van der Waals surface area (Å²) in [5, 5.41) is 25.4. The minimum absolute atomic E-state index is 0.0642.